The lowest BCUT2D eigenvalue weighted by molar-refractivity contribution is 0.0950. The maximum absolute atomic E-state index is 13.3. The highest BCUT2D eigenvalue weighted by molar-refractivity contribution is 6.33. The van der Waals surface area contributed by atoms with Gasteiger partial charge in [0.1, 0.15) is 11.6 Å². The van der Waals surface area contributed by atoms with Crippen LogP contribution in [-0.4, -0.2) is 24.0 Å². The number of amides is 1. The summed E-state index contributed by atoms with van der Waals surface area (Å²) in [6.07, 6.45) is 6.74. The van der Waals surface area contributed by atoms with E-state index in [-0.39, 0.29) is 10.6 Å². The molecule has 25 heavy (non-hydrogen) atoms. The molecule has 0 saturated carbocycles. The lowest BCUT2D eigenvalue weighted by Gasteiger charge is -2.21. The molecule has 1 aromatic carbocycles. The van der Waals surface area contributed by atoms with Gasteiger partial charge in [-0.1, -0.05) is 30.5 Å². The zero-order valence-corrected chi connectivity index (χ0v) is 14.7. The molecule has 1 aliphatic heterocycles. The summed E-state index contributed by atoms with van der Waals surface area (Å²) in [6, 6.07) is 7.69. The summed E-state index contributed by atoms with van der Waals surface area (Å²) in [6.45, 7) is 2.40. The summed E-state index contributed by atoms with van der Waals surface area (Å²) in [7, 11) is 0. The van der Waals surface area contributed by atoms with Gasteiger partial charge in [-0.25, -0.2) is 9.37 Å². The number of pyridine rings is 1. The fourth-order valence-electron chi connectivity index (χ4n) is 2.96. The molecule has 0 aliphatic carbocycles. The van der Waals surface area contributed by atoms with Crippen LogP contribution >= 0.6 is 11.6 Å². The summed E-state index contributed by atoms with van der Waals surface area (Å²) >= 11 is 5.95. The molecule has 2 aromatic rings. The summed E-state index contributed by atoms with van der Waals surface area (Å²) in [5.74, 6) is 0.0873. The third kappa shape index (κ3) is 4.69. The van der Waals surface area contributed by atoms with E-state index in [1.54, 1.807) is 6.20 Å². The van der Waals surface area contributed by atoms with E-state index in [2.05, 4.69) is 15.2 Å². The summed E-state index contributed by atoms with van der Waals surface area (Å²) in [4.78, 5) is 19.0. The molecule has 1 aliphatic rings. The first-order valence-electron chi connectivity index (χ1n) is 8.56. The predicted molar refractivity (Wildman–Crippen MR) is 97.5 cm³/mol. The van der Waals surface area contributed by atoms with Crippen LogP contribution in [0.5, 0.6) is 0 Å². The third-order valence-corrected chi connectivity index (χ3v) is 4.69. The minimum Gasteiger partial charge on any atom is -0.357 e. The second kappa shape index (κ2) is 8.30. The number of aromatic nitrogens is 1. The van der Waals surface area contributed by atoms with E-state index >= 15 is 0 Å². The predicted octanol–water partition coefficient (Wildman–Crippen LogP) is 4.18. The van der Waals surface area contributed by atoms with Crippen LogP contribution in [0, 0.1) is 5.82 Å². The molecule has 0 unspecified atom stereocenters. The monoisotopic (exact) mass is 361 g/mol. The first-order valence-corrected chi connectivity index (χ1v) is 8.94. The normalized spacial score (nSPS) is 14.9. The summed E-state index contributed by atoms with van der Waals surface area (Å²) in [5.41, 5.74) is 1.02. The van der Waals surface area contributed by atoms with Crippen molar-refractivity contribution in [1.82, 2.24) is 10.3 Å². The standard InChI is InChI=1S/C19H21ClFN3O/c20-17-7-6-15(21)11-16(17)19(25)23-13-14-5-8-18(22-12-14)24-9-3-1-2-4-10-24/h5-8,11-12H,1-4,9-10,13H2,(H,23,25). The van der Waals surface area contributed by atoms with Crippen molar-refractivity contribution in [3.05, 3.63) is 58.5 Å². The summed E-state index contributed by atoms with van der Waals surface area (Å²) in [5, 5.41) is 2.98. The molecule has 0 bridgehead atoms. The fraction of sp³-hybridized carbons (Fsp3) is 0.368. The van der Waals surface area contributed by atoms with Gasteiger partial charge in [0.15, 0.2) is 0 Å². The van der Waals surface area contributed by atoms with Crippen molar-refractivity contribution < 1.29 is 9.18 Å². The third-order valence-electron chi connectivity index (χ3n) is 4.37. The van der Waals surface area contributed by atoms with Crippen LogP contribution in [0.1, 0.15) is 41.6 Å². The van der Waals surface area contributed by atoms with Crippen molar-refractivity contribution in [1.29, 1.82) is 0 Å². The number of rotatable bonds is 4. The van der Waals surface area contributed by atoms with Crippen molar-refractivity contribution in [2.24, 2.45) is 0 Å². The van der Waals surface area contributed by atoms with Gasteiger partial charge >= 0.3 is 0 Å². The molecule has 1 aromatic heterocycles. The van der Waals surface area contributed by atoms with Gasteiger partial charge in [0.05, 0.1) is 10.6 Å². The molecular formula is C19H21ClFN3O. The number of benzene rings is 1. The molecule has 2 heterocycles. The molecule has 4 nitrogen and oxygen atoms in total. The Bertz CT molecular complexity index is 728. The molecule has 0 radical (unpaired) electrons. The van der Waals surface area contributed by atoms with Crippen molar-refractivity contribution in [2.45, 2.75) is 32.2 Å². The van der Waals surface area contributed by atoms with E-state index in [1.165, 1.54) is 37.8 Å². The first-order chi connectivity index (χ1) is 12.1. The average Bonchev–Trinajstić information content (AvgIpc) is 2.91. The second-order valence-electron chi connectivity index (χ2n) is 6.23. The quantitative estimate of drug-likeness (QED) is 0.888. The summed E-state index contributed by atoms with van der Waals surface area (Å²) < 4.78 is 13.3. The first kappa shape index (κ1) is 17.7. The fourth-order valence-corrected chi connectivity index (χ4v) is 3.16. The molecule has 1 fully saturated rings. The second-order valence-corrected chi connectivity index (χ2v) is 6.64. The van der Waals surface area contributed by atoms with Crippen LogP contribution in [-0.2, 0) is 6.54 Å². The number of hydrogen-bond acceptors (Lipinski definition) is 3. The molecule has 1 N–H and O–H groups in total. The highest BCUT2D eigenvalue weighted by atomic mass is 35.5. The van der Waals surface area contributed by atoms with Crippen LogP contribution in [0.2, 0.25) is 5.02 Å². The van der Waals surface area contributed by atoms with Crippen LogP contribution < -0.4 is 10.2 Å². The van der Waals surface area contributed by atoms with E-state index in [9.17, 15) is 9.18 Å². The zero-order valence-electron chi connectivity index (χ0n) is 14.0. The van der Waals surface area contributed by atoms with Crippen LogP contribution in [0.15, 0.2) is 36.5 Å². The van der Waals surface area contributed by atoms with E-state index < -0.39 is 11.7 Å². The highest BCUT2D eigenvalue weighted by Crippen LogP contribution is 2.18. The average molecular weight is 362 g/mol. The van der Waals surface area contributed by atoms with Gasteiger partial charge in [0, 0.05) is 25.8 Å². The molecule has 6 heteroatoms. The van der Waals surface area contributed by atoms with Crippen molar-refractivity contribution in [3.63, 3.8) is 0 Å². The number of anilines is 1. The lowest BCUT2D eigenvalue weighted by atomic mass is 10.2. The highest BCUT2D eigenvalue weighted by Gasteiger charge is 2.13. The number of carbonyl (C=O) groups excluding carboxylic acids is 1. The SMILES string of the molecule is O=C(NCc1ccc(N2CCCCCC2)nc1)c1cc(F)ccc1Cl. The Morgan fingerprint density at radius 2 is 1.92 bits per heavy atom. The number of hydrogen-bond donors (Lipinski definition) is 1. The topological polar surface area (TPSA) is 45.2 Å². The Hall–Kier alpha value is -2.14. The van der Waals surface area contributed by atoms with E-state index in [1.807, 2.05) is 12.1 Å². The Labute approximate surface area is 152 Å². The maximum Gasteiger partial charge on any atom is 0.253 e. The van der Waals surface area contributed by atoms with Gasteiger partial charge < -0.3 is 10.2 Å². The number of carbonyl (C=O) groups is 1. The molecule has 0 spiro atoms. The number of nitrogens with zero attached hydrogens (tertiary/aromatic N) is 2. The van der Waals surface area contributed by atoms with Gasteiger partial charge in [-0.2, -0.15) is 0 Å². The lowest BCUT2D eigenvalue weighted by Crippen LogP contribution is -2.25. The Morgan fingerprint density at radius 1 is 1.16 bits per heavy atom. The maximum atomic E-state index is 13.3. The van der Waals surface area contributed by atoms with E-state index in [0.717, 1.165) is 30.5 Å². The van der Waals surface area contributed by atoms with Crippen molar-refractivity contribution in [3.8, 4) is 0 Å². The van der Waals surface area contributed by atoms with Crippen LogP contribution in [0.25, 0.3) is 0 Å². The minimum atomic E-state index is -0.488. The van der Waals surface area contributed by atoms with Crippen LogP contribution in [0.3, 0.4) is 0 Å². The minimum absolute atomic E-state index is 0.135. The number of nitrogens with one attached hydrogen (secondary N) is 1. The van der Waals surface area contributed by atoms with Crippen molar-refractivity contribution >= 4 is 23.3 Å². The number of halogens is 2. The molecule has 3 rings (SSSR count). The smallest absolute Gasteiger partial charge is 0.253 e. The Morgan fingerprint density at radius 3 is 2.60 bits per heavy atom. The van der Waals surface area contributed by atoms with E-state index in [4.69, 9.17) is 11.6 Å². The van der Waals surface area contributed by atoms with E-state index in [0.29, 0.717) is 6.54 Å². The zero-order chi connectivity index (χ0) is 17.6. The van der Waals surface area contributed by atoms with Gasteiger partial charge in [0.2, 0.25) is 0 Å². The van der Waals surface area contributed by atoms with Crippen molar-refractivity contribution in [2.75, 3.05) is 18.0 Å². The Kier molecular flexibility index (Phi) is 5.87. The van der Waals surface area contributed by atoms with Gasteiger partial charge in [-0.3, -0.25) is 4.79 Å². The molecule has 1 amide bonds. The molecule has 1 saturated heterocycles. The van der Waals surface area contributed by atoms with Crippen LogP contribution in [0.4, 0.5) is 10.2 Å². The molecule has 132 valence electrons. The van der Waals surface area contributed by atoms with Gasteiger partial charge in [-0.05, 0) is 42.7 Å². The molecular weight excluding hydrogens is 341 g/mol. The van der Waals surface area contributed by atoms with Gasteiger partial charge in [0.25, 0.3) is 5.91 Å². The van der Waals surface area contributed by atoms with Gasteiger partial charge in [-0.15, -0.1) is 0 Å². The molecule has 0 atom stereocenters. The largest absolute Gasteiger partial charge is 0.357 e. The Balaban J connectivity index is 1.59.